The van der Waals surface area contributed by atoms with Crippen LogP contribution in [-0.2, 0) is 4.79 Å². The molecular weight excluding hydrogens is 283 g/mol. The molecule has 0 aromatic rings. The standard InChI is InChI=1S/C14H26F3N3O/c1-9(2)20(8-14(15,16)17)10(3)7-13(4,12(18)21)19-11-5-6-11/h9-11,19H,5-8H2,1-4H3,(H2,18,21). The van der Waals surface area contributed by atoms with Gasteiger partial charge in [-0.05, 0) is 47.0 Å². The monoisotopic (exact) mass is 309 g/mol. The minimum absolute atomic E-state index is 0.254. The molecule has 0 radical (unpaired) electrons. The third-order valence-corrected chi connectivity index (χ3v) is 3.94. The van der Waals surface area contributed by atoms with E-state index in [1.54, 1.807) is 27.7 Å². The van der Waals surface area contributed by atoms with Gasteiger partial charge in [0.2, 0.25) is 5.91 Å². The Kier molecular flexibility index (Phi) is 5.66. The van der Waals surface area contributed by atoms with Gasteiger partial charge in [-0.1, -0.05) is 0 Å². The lowest BCUT2D eigenvalue weighted by atomic mass is 9.91. The Bertz CT molecular complexity index is 369. The first-order chi connectivity index (χ1) is 9.44. The number of alkyl halides is 3. The van der Waals surface area contributed by atoms with Crippen LogP contribution in [0.25, 0.3) is 0 Å². The molecule has 1 amide bonds. The third-order valence-electron chi connectivity index (χ3n) is 3.94. The Morgan fingerprint density at radius 2 is 1.86 bits per heavy atom. The predicted molar refractivity (Wildman–Crippen MR) is 75.7 cm³/mol. The average Bonchev–Trinajstić information content (AvgIpc) is 3.07. The molecule has 1 aliphatic carbocycles. The fraction of sp³-hybridized carbons (Fsp3) is 0.929. The molecule has 0 spiro atoms. The highest BCUT2D eigenvalue weighted by Gasteiger charge is 2.41. The van der Waals surface area contributed by atoms with Crippen LogP contribution in [0.2, 0.25) is 0 Å². The normalized spacial score (nSPS) is 20.6. The molecule has 124 valence electrons. The average molecular weight is 309 g/mol. The lowest BCUT2D eigenvalue weighted by Crippen LogP contribution is -2.58. The van der Waals surface area contributed by atoms with Crippen molar-refractivity contribution < 1.29 is 18.0 Å². The largest absolute Gasteiger partial charge is 0.401 e. The van der Waals surface area contributed by atoms with Gasteiger partial charge in [-0.15, -0.1) is 0 Å². The molecule has 1 fully saturated rings. The Labute approximate surface area is 124 Å². The van der Waals surface area contributed by atoms with Gasteiger partial charge >= 0.3 is 6.18 Å². The zero-order valence-corrected chi connectivity index (χ0v) is 13.1. The number of halogens is 3. The zero-order chi connectivity index (χ0) is 16.4. The summed E-state index contributed by atoms with van der Waals surface area (Å²) in [6, 6.07) is -0.417. The molecule has 0 saturated heterocycles. The third kappa shape index (κ3) is 5.82. The van der Waals surface area contributed by atoms with Crippen molar-refractivity contribution in [1.82, 2.24) is 10.2 Å². The fourth-order valence-corrected chi connectivity index (χ4v) is 2.67. The van der Waals surface area contributed by atoms with E-state index in [1.807, 2.05) is 0 Å². The van der Waals surface area contributed by atoms with Gasteiger partial charge in [0.1, 0.15) is 0 Å². The number of hydrogen-bond donors (Lipinski definition) is 2. The van der Waals surface area contributed by atoms with Gasteiger partial charge in [0.25, 0.3) is 0 Å². The summed E-state index contributed by atoms with van der Waals surface area (Å²) in [5.41, 5.74) is 4.48. The number of nitrogens with two attached hydrogens (primary N) is 1. The van der Waals surface area contributed by atoms with Crippen LogP contribution in [-0.4, -0.2) is 47.2 Å². The van der Waals surface area contributed by atoms with Gasteiger partial charge in [-0.3, -0.25) is 9.69 Å². The van der Waals surface area contributed by atoms with Gasteiger partial charge in [0.15, 0.2) is 0 Å². The van der Waals surface area contributed by atoms with Crippen molar-refractivity contribution in [3.05, 3.63) is 0 Å². The first kappa shape index (κ1) is 18.2. The van der Waals surface area contributed by atoms with E-state index in [1.165, 1.54) is 4.90 Å². The van der Waals surface area contributed by atoms with E-state index >= 15 is 0 Å². The van der Waals surface area contributed by atoms with Gasteiger partial charge in [0, 0.05) is 18.1 Å². The van der Waals surface area contributed by atoms with Crippen LogP contribution in [0.1, 0.15) is 47.0 Å². The Morgan fingerprint density at radius 3 is 2.19 bits per heavy atom. The van der Waals surface area contributed by atoms with Crippen molar-refractivity contribution in [3.8, 4) is 0 Å². The molecule has 2 unspecified atom stereocenters. The lowest BCUT2D eigenvalue weighted by Gasteiger charge is -2.38. The van der Waals surface area contributed by atoms with Crippen LogP contribution in [0, 0.1) is 0 Å². The van der Waals surface area contributed by atoms with E-state index in [9.17, 15) is 18.0 Å². The molecule has 0 bridgehead atoms. The number of carbonyl (C=O) groups excluding carboxylic acids is 1. The van der Waals surface area contributed by atoms with Crippen LogP contribution in [0.5, 0.6) is 0 Å². The van der Waals surface area contributed by atoms with Crippen LogP contribution in [0.3, 0.4) is 0 Å². The van der Waals surface area contributed by atoms with Gasteiger partial charge < -0.3 is 11.1 Å². The summed E-state index contributed by atoms with van der Waals surface area (Å²) in [5, 5.41) is 3.17. The Hall–Kier alpha value is -0.820. The van der Waals surface area contributed by atoms with Crippen molar-refractivity contribution >= 4 is 5.91 Å². The highest BCUT2D eigenvalue weighted by Crippen LogP contribution is 2.27. The molecule has 2 atom stereocenters. The van der Waals surface area contributed by atoms with Crippen LogP contribution in [0.4, 0.5) is 13.2 Å². The first-order valence-corrected chi connectivity index (χ1v) is 7.34. The molecule has 1 aliphatic rings. The fourth-order valence-electron chi connectivity index (χ4n) is 2.67. The summed E-state index contributed by atoms with van der Waals surface area (Å²) >= 11 is 0. The maximum atomic E-state index is 12.7. The van der Waals surface area contributed by atoms with Gasteiger partial charge in [0.05, 0.1) is 12.1 Å². The van der Waals surface area contributed by atoms with E-state index < -0.39 is 30.2 Å². The second-order valence-corrected chi connectivity index (χ2v) is 6.55. The molecule has 21 heavy (non-hydrogen) atoms. The van der Waals surface area contributed by atoms with E-state index in [2.05, 4.69) is 5.32 Å². The summed E-state index contributed by atoms with van der Waals surface area (Å²) < 4.78 is 38.1. The van der Waals surface area contributed by atoms with Gasteiger partial charge in [-0.25, -0.2) is 0 Å². The molecular formula is C14H26F3N3O. The highest BCUT2D eigenvalue weighted by atomic mass is 19.4. The molecule has 0 heterocycles. The number of carbonyl (C=O) groups is 1. The minimum atomic E-state index is -4.26. The highest BCUT2D eigenvalue weighted by molar-refractivity contribution is 5.84. The molecule has 1 saturated carbocycles. The molecule has 0 aliphatic heterocycles. The number of rotatable bonds is 8. The second kappa shape index (κ2) is 6.52. The van der Waals surface area contributed by atoms with Crippen LogP contribution < -0.4 is 11.1 Å². The van der Waals surface area contributed by atoms with E-state index in [4.69, 9.17) is 5.73 Å². The lowest BCUT2D eigenvalue weighted by molar-refractivity contribution is -0.155. The number of nitrogens with zero attached hydrogens (tertiary/aromatic N) is 1. The zero-order valence-electron chi connectivity index (χ0n) is 13.1. The Morgan fingerprint density at radius 1 is 1.33 bits per heavy atom. The van der Waals surface area contributed by atoms with Crippen LogP contribution in [0.15, 0.2) is 0 Å². The summed E-state index contributed by atoms with van der Waals surface area (Å²) in [6.07, 6.45) is -2.04. The maximum Gasteiger partial charge on any atom is 0.401 e. The number of nitrogens with one attached hydrogen (secondary N) is 1. The summed E-state index contributed by atoms with van der Waals surface area (Å²) in [5.74, 6) is -0.517. The smallest absolute Gasteiger partial charge is 0.368 e. The second-order valence-electron chi connectivity index (χ2n) is 6.55. The number of hydrogen-bond acceptors (Lipinski definition) is 3. The van der Waals surface area contributed by atoms with Crippen molar-refractivity contribution in [1.29, 1.82) is 0 Å². The maximum absolute atomic E-state index is 12.7. The van der Waals surface area contributed by atoms with E-state index in [0.29, 0.717) is 0 Å². The summed E-state index contributed by atoms with van der Waals surface area (Å²) in [4.78, 5) is 13.1. The van der Waals surface area contributed by atoms with Crippen molar-refractivity contribution in [2.75, 3.05) is 6.54 Å². The molecule has 3 N–H and O–H groups in total. The number of amides is 1. The Balaban J connectivity index is 2.77. The number of primary amides is 1. The minimum Gasteiger partial charge on any atom is -0.368 e. The van der Waals surface area contributed by atoms with Crippen molar-refractivity contribution in [3.63, 3.8) is 0 Å². The molecule has 0 aromatic carbocycles. The van der Waals surface area contributed by atoms with Crippen LogP contribution >= 0.6 is 0 Å². The molecule has 7 heteroatoms. The molecule has 1 rings (SSSR count). The molecule has 4 nitrogen and oxygen atoms in total. The summed E-state index contributed by atoms with van der Waals surface area (Å²) in [6.45, 7) is 5.85. The van der Waals surface area contributed by atoms with Crippen molar-refractivity contribution in [2.24, 2.45) is 5.73 Å². The van der Waals surface area contributed by atoms with Gasteiger partial charge in [-0.2, -0.15) is 13.2 Å². The molecule has 0 aromatic heterocycles. The van der Waals surface area contributed by atoms with Crippen molar-refractivity contribution in [2.45, 2.75) is 76.8 Å². The SMILES string of the molecule is CC(C)N(CC(F)(F)F)C(C)CC(C)(NC1CC1)C(N)=O. The quantitative estimate of drug-likeness (QED) is 0.721. The first-order valence-electron chi connectivity index (χ1n) is 7.34. The topological polar surface area (TPSA) is 58.4 Å². The summed E-state index contributed by atoms with van der Waals surface area (Å²) in [7, 11) is 0. The predicted octanol–water partition coefficient (Wildman–Crippen LogP) is 2.03. The van der Waals surface area contributed by atoms with E-state index in [0.717, 1.165) is 12.8 Å². The van der Waals surface area contributed by atoms with E-state index in [-0.39, 0.29) is 18.5 Å².